The molecule has 0 fully saturated rings. The van der Waals surface area contributed by atoms with Gasteiger partial charge in [0.2, 0.25) is 0 Å². The first-order chi connectivity index (χ1) is 7.70. The van der Waals surface area contributed by atoms with Gasteiger partial charge in [0.25, 0.3) is 0 Å². The van der Waals surface area contributed by atoms with E-state index in [4.69, 9.17) is 25.7 Å². The van der Waals surface area contributed by atoms with Gasteiger partial charge in [0.05, 0.1) is 0 Å². The van der Waals surface area contributed by atoms with Crippen molar-refractivity contribution in [3.05, 3.63) is 60.7 Å². The van der Waals surface area contributed by atoms with Crippen LogP contribution in [-0.4, -0.2) is 17.9 Å². The van der Waals surface area contributed by atoms with Crippen molar-refractivity contribution in [3.63, 3.8) is 0 Å². The zero-order valence-corrected chi connectivity index (χ0v) is 14.0. The molecule has 0 unspecified atom stereocenters. The first-order valence-electron chi connectivity index (χ1n) is 4.73. The second kappa shape index (κ2) is 8.30. The fourth-order valence-electron chi connectivity index (χ4n) is 1.26. The van der Waals surface area contributed by atoms with Crippen LogP contribution >= 0.6 is 25.7 Å². The molecule has 0 aliphatic heterocycles. The third-order valence-corrected chi connectivity index (χ3v) is 1.88. The van der Waals surface area contributed by atoms with Crippen molar-refractivity contribution in [1.82, 2.24) is 0 Å². The number of halogens is 3. The van der Waals surface area contributed by atoms with E-state index in [1.54, 1.807) is 0 Å². The molecular weight excluding hydrogens is 365 g/mol. The maximum atomic E-state index is 5.02. The van der Waals surface area contributed by atoms with E-state index in [0.717, 1.165) is 0 Å². The Morgan fingerprint density at radius 1 is 0.562 bits per heavy atom. The predicted molar refractivity (Wildman–Crippen MR) is 75.2 cm³/mol. The van der Waals surface area contributed by atoms with Gasteiger partial charge in [0, 0.05) is 0 Å². The van der Waals surface area contributed by atoms with Crippen LogP contribution in [0.4, 0.5) is 0 Å². The van der Waals surface area contributed by atoms with Crippen LogP contribution < -0.4 is 0 Å². The Morgan fingerprint density at radius 3 is 1.06 bits per heavy atom. The van der Waals surface area contributed by atoms with Crippen LogP contribution in [0, 0.1) is 0 Å². The zero-order valence-electron chi connectivity index (χ0n) is 8.48. The first-order valence-corrected chi connectivity index (χ1v) is 17.2. The molecule has 0 radical (unpaired) electrons. The van der Waals surface area contributed by atoms with E-state index >= 15 is 0 Å². The quantitative estimate of drug-likeness (QED) is 0.655. The maximum Gasteiger partial charge on any atom is -0.0184 e. The molecule has 2 aromatic carbocycles. The second-order valence-corrected chi connectivity index (χ2v) is 17.7. The van der Waals surface area contributed by atoms with Gasteiger partial charge in [-0.05, 0) is 11.1 Å². The van der Waals surface area contributed by atoms with Crippen LogP contribution in [0.5, 0.6) is 0 Å². The Labute approximate surface area is 114 Å². The van der Waals surface area contributed by atoms with Crippen LogP contribution in [0.25, 0.3) is 11.1 Å². The Morgan fingerprint density at radius 2 is 0.812 bits per heavy atom. The smallest absolute Gasteiger partial charge is 0.0184 e. The molecule has 0 heterocycles. The minimum atomic E-state index is -2.22. The number of rotatable bonds is 1. The minimum absolute atomic E-state index is 1.28. The van der Waals surface area contributed by atoms with E-state index in [1.807, 2.05) is 12.1 Å². The monoisotopic (exact) mass is 374 g/mol. The molecule has 0 N–H and O–H groups in total. The molecule has 0 aliphatic rings. The summed E-state index contributed by atoms with van der Waals surface area (Å²) in [5.74, 6) is 0. The van der Waals surface area contributed by atoms with Crippen molar-refractivity contribution >= 4 is 43.6 Å². The molecule has 2 rings (SSSR count). The van der Waals surface area contributed by atoms with Gasteiger partial charge in [0.15, 0.2) is 0 Å². The fourth-order valence-corrected chi connectivity index (χ4v) is 1.26. The molecule has 16 heavy (non-hydrogen) atoms. The molecular formula is C12H10Cl3In. The van der Waals surface area contributed by atoms with Crippen molar-refractivity contribution in [2.24, 2.45) is 0 Å². The largest absolute Gasteiger partial charge is 0.0622 e. The van der Waals surface area contributed by atoms with Gasteiger partial charge in [0.1, 0.15) is 0 Å². The maximum absolute atomic E-state index is 5.02. The van der Waals surface area contributed by atoms with Crippen molar-refractivity contribution in [3.8, 4) is 11.1 Å². The predicted octanol–water partition coefficient (Wildman–Crippen LogP) is 5.04. The van der Waals surface area contributed by atoms with Gasteiger partial charge in [-0.3, -0.25) is 0 Å². The fraction of sp³-hybridized carbons (Fsp3) is 0. The van der Waals surface area contributed by atoms with E-state index in [2.05, 4.69) is 48.5 Å². The van der Waals surface area contributed by atoms with Gasteiger partial charge in [-0.25, -0.2) is 0 Å². The molecule has 0 saturated carbocycles. The Hall–Kier alpha value is 0.180. The summed E-state index contributed by atoms with van der Waals surface area (Å²) in [5, 5.41) is 0. The summed E-state index contributed by atoms with van der Waals surface area (Å²) in [6.07, 6.45) is 0. The van der Waals surface area contributed by atoms with Crippen molar-refractivity contribution < 1.29 is 0 Å². The molecule has 0 atom stereocenters. The Balaban J connectivity index is 0.000000280. The van der Waals surface area contributed by atoms with Gasteiger partial charge < -0.3 is 0 Å². The average molecular weight is 375 g/mol. The number of hydrogen-bond acceptors (Lipinski definition) is 0. The number of benzene rings is 2. The standard InChI is InChI=1S/C12H10.3ClH.In/c1-3-7-11(8-4-1)12-9-5-2-6-10-12;;;;/h1-10H;3*1H;/q;;;;+3/p-3. The molecule has 4 heteroatoms. The van der Waals surface area contributed by atoms with Gasteiger partial charge >= 0.3 is 43.6 Å². The van der Waals surface area contributed by atoms with E-state index in [1.165, 1.54) is 11.1 Å². The SMILES string of the molecule is [Cl][In]([Cl])[Cl].c1ccc(-c2ccccc2)cc1. The third kappa shape index (κ3) is 6.05. The molecule has 82 valence electrons. The van der Waals surface area contributed by atoms with E-state index in [-0.39, 0.29) is 0 Å². The Bertz CT molecular complexity index is 349. The molecule has 0 saturated heterocycles. The zero-order chi connectivity index (χ0) is 11.8. The molecule has 0 aliphatic carbocycles. The summed E-state index contributed by atoms with van der Waals surface area (Å²) >= 11 is -2.22. The topological polar surface area (TPSA) is 0 Å². The van der Waals surface area contributed by atoms with Gasteiger partial charge in [-0.1, -0.05) is 60.7 Å². The summed E-state index contributed by atoms with van der Waals surface area (Å²) in [6.45, 7) is 0. The van der Waals surface area contributed by atoms with Crippen LogP contribution in [0.3, 0.4) is 0 Å². The summed E-state index contributed by atoms with van der Waals surface area (Å²) in [6, 6.07) is 20.8. The van der Waals surface area contributed by atoms with E-state index in [0.29, 0.717) is 0 Å². The average Bonchev–Trinajstić information content (AvgIpc) is 2.31. The minimum Gasteiger partial charge on any atom is -0.0622 e. The molecule has 0 amide bonds. The van der Waals surface area contributed by atoms with Crippen LogP contribution in [0.2, 0.25) is 0 Å². The van der Waals surface area contributed by atoms with Crippen LogP contribution in [0.15, 0.2) is 60.7 Å². The molecule has 0 nitrogen and oxygen atoms in total. The van der Waals surface area contributed by atoms with E-state index in [9.17, 15) is 0 Å². The first kappa shape index (κ1) is 14.2. The molecule has 0 bridgehead atoms. The van der Waals surface area contributed by atoms with Crippen LogP contribution in [0.1, 0.15) is 0 Å². The molecule has 0 aromatic heterocycles. The van der Waals surface area contributed by atoms with Gasteiger partial charge in [-0.15, -0.1) is 0 Å². The molecule has 2 aromatic rings. The third-order valence-electron chi connectivity index (χ3n) is 1.88. The summed E-state index contributed by atoms with van der Waals surface area (Å²) in [7, 11) is 15.0. The van der Waals surface area contributed by atoms with Gasteiger partial charge in [-0.2, -0.15) is 0 Å². The van der Waals surface area contributed by atoms with Crippen molar-refractivity contribution in [2.45, 2.75) is 0 Å². The molecule has 0 spiro atoms. The van der Waals surface area contributed by atoms with Crippen LogP contribution in [-0.2, 0) is 0 Å². The van der Waals surface area contributed by atoms with Crippen molar-refractivity contribution in [2.75, 3.05) is 0 Å². The summed E-state index contributed by atoms with van der Waals surface area (Å²) in [4.78, 5) is 0. The number of hydrogen-bond donors (Lipinski definition) is 0. The van der Waals surface area contributed by atoms with E-state index < -0.39 is 17.9 Å². The summed E-state index contributed by atoms with van der Waals surface area (Å²) < 4.78 is 0. The van der Waals surface area contributed by atoms with Crippen molar-refractivity contribution in [1.29, 1.82) is 0 Å². The Kier molecular flexibility index (Phi) is 7.39. The second-order valence-electron chi connectivity index (χ2n) is 2.98. The normalized spacial score (nSPS) is 8.94. The summed E-state index contributed by atoms with van der Waals surface area (Å²) in [5.41, 5.74) is 2.55.